The molecule has 1 atom stereocenters. The van der Waals surface area contributed by atoms with E-state index in [0.29, 0.717) is 34.9 Å². The fourth-order valence-corrected chi connectivity index (χ4v) is 3.67. The van der Waals surface area contributed by atoms with Crippen molar-refractivity contribution < 1.29 is 19.8 Å². The number of nitrogens with zero attached hydrogens (tertiary/aromatic N) is 1. The minimum atomic E-state index is -0.464. The molecule has 1 heterocycles. The number of hydrogen-bond donors (Lipinski definition) is 3. The number of carbonyl (C=O) groups is 2. The number of amides is 2. The first-order chi connectivity index (χ1) is 11.1. The summed E-state index contributed by atoms with van der Waals surface area (Å²) in [4.78, 5) is 26.1. The van der Waals surface area contributed by atoms with Crippen LogP contribution in [0.4, 0.5) is 5.69 Å². The molecule has 1 aliphatic heterocycles. The molecule has 0 bridgehead atoms. The van der Waals surface area contributed by atoms with E-state index >= 15 is 0 Å². The van der Waals surface area contributed by atoms with Crippen molar-refractivity contribution in [1.82, 2.24) is 4.90 Å². The predicted molar refractivity (Wildman–Crippen MR) is 89.8 cm³/mol. The van der Waals surface area contributed by atoms with Crippen molar-refractivity contribution in [3.05, 3.63) is 29.3 Å². The highest BCUT2D eigenvalue weighted by Crippen LogP contribution is 2.24. The number of hydrogen-bond acceptors (Lipinski definition) is 5. The molecule has 0 aromatic heterocycles. The van der Waals surface area contributed by atoms with Crippen LogP contribution in [0.25, 0.3) is 0 Å². The molecule has 126 valence electrons. The highest BCUT2D eigenvalue weighted by atomic mass is 32.2. The van der Waals surface area contributed by atoms with E-state index in [1.54, 1.807) is 34.9 Å². The summed E-state index contributed by atoms with van der Waals surface area (Å²) >= 11 is 1.57. The zero-order chi connectivity index (χ0) is 16.8. The number of benzene rings is 1. The second-order valence-electron chi connectivity index (χ2n) is 5.42. The third-order valence-corrected chi connectivity index (χ3v) is 4.80. The number of rotatable bonds is 6. The lowest BCUT2D eigenvalue weighted by atomic mass is 10.1. The van der Waals surface area contributed by atoms with Crippen molar-refractivity contribution in [3.63, 3.8) is 0 Å². The molecule has 2 rings (SSSR count). The van der Waals surface area contributed by atoms with Crippen LogP contribution < -0.4 is 5.32 Å². The Morgan fingerprint density at radius 1 is 1.30 bits per heavy atom. The molecular weight excluding hydrogens is 316 g/mol. The lowest BCUT2D eigenvalue weighted by Crippen LogP contribution is -2.44. The van der Waals surface area contributed by atoms with E-state index in [2.05, 4.69) is 5.32 Å². The minimum absolute atomic E-state index is 0.00401. The van der Waals surface area contributed by atoms with E-state index in [-0.39, 0.29) is 25.0 Å². The van der Waals surface area contributed by atoms with Gasteiger partial charge in [-0.2, -0.15) is 0 Å². The molecule has 1 saturated heterocycles. The summed E-state index contributed by atoms with van der Waals surface area (Å²) in [5, 5.41) is 21.3. The van der Waals surface area contributed by atoms with E-state index in [1.807, 2.05) is 6.92 Å². The van der Waals surface area contributed by atoms with Gasteiger partial charge in [-0.15, -0.1) is 11.8 Å². The van der Waals surface area contributed by atoms with Gasteiger partial charge in [-0.25, -0.2) is 0 Å². The summed E-state index contributed by atoms with van der Waals surface area (Å²) in [6, 6.07) is 4.53. The summed E-state index contributed by atoms with van der Waals surface area (Å²) in [6.45, 7) is 1.57. The van der Waals surface area contributed by atoms with Crippen LogP contribution >= 0.6 is 11.8 Å². The van der Waals surface area contributed by atoms with Gasteiger partial charge in [0, 0.05) is 17.9 Å². The van der Waals surface area contributed by atoms with Crippen molar-refractivity contribution in [2.45, 2.75) is 39.0 Å². The van der Waals surface area contributed by atoms with Gasteiger partial charge in [0.15, 0.2) is 0 Å². The van der Waals surface area contributed by atoms with Crippen LogP contribution in [0.2, 0.25) is 0 Å². The monoisotopic (exact) mass is 338 g/mol. The fourth-order valence-electron chi connectivity index (χ4n) is 2.49. The smallest absolute Gasteiger partial charge is 0.248 e. The van der Waals surface area contributed by atoms with E-state index in [4.69, 9.17) is 0 Å². The zero-order valence-electron chi connectivity index (χ0n) is 13.1. The van der Waals surface area contributed by atoms with Crippen LogP contribution in [0.3, 0.4) is 0 Å². The SMILES string of the molecule is CCCC(=O)N1CSCC1C(=O)Nc1ccc(CO)c(CO)c1. The van der Waals surface area contributed by atoms with Crippen LogP contribution in [0.1, 0.15) is 30.9 Å². The number of nitrogens with one attached hydrogen (secondary N) is 1. The highest BCUT2D eigenvalue weighted by Gasteiger charge is 2.34. The Labute approximate surface area is 139 Å². The van der Waals surface area contributed by atoms with Crippen molar-refractivity contribution >= 4 is 29.3 Å². The molecule has 1 fully saturated rings. The molecule has 23 heavy (non-hydrogen) atoms. The Bertz CT molecular complexity index is 579. The van der Waals surface area contributed by atoms with Crippen LogP contribution in [0.15, 0.2) is 18.2 Å². The maximum absolute atomic E-state index is 12.5. The summed E-state index contributed by atoms with van der Waals surface area (Å²) < 4.78 is 0. The molecule has 3 N–H and O–H groups in total. The molecule has 0 radical (unpaired) electrons. The first-order valence-corrected chi connectivity index (χ1v) is 8.77. The number of aliphatic hydroxyl groups is 2. The van der Waals surface area contributed by atoms with Gasteiger partial charge in [-0.3, -0.25) is 9.59 Å². The second kappa shape index (κ2) is 8.33. The van der Waals surface area contributed by atoms with Gasteiger partial charge >= 0.3 is 0 Å². The maximum Gasteiger partial charge on any atom is 0.248 e. The van der Waals surface area contributed by atoms with Gasteiger partial charge < -0.3 is 20.4 Å². The predicted octanol–water partition coefficient (Wildman–Crippen LogP) is 1.31. The molecule has 0 saturated carbocycles. The van der Waals surface area contributed by atoms with E-state index in [0.717, 1.165) is 6.42 Å². The molecule has 7 heteroatoms. The number of anilines is 1. The molecule has 1 aliphatic rings. The Balaban J connectivity index is 2.07. The molecule has 1 aromatic rings. The Hall–Kier alpha value is -1.57. The Morgan fingerprint density at radius 2 is 2.04 bits per heavy atom. The van der Waals surface area contributed by atoms with E-state index in [9.17, 15) is 19.8 Å². The molecular formula is C16H22N2O4S. The maximum atomic E-state index is 12.5. The fraction of sp³-hybridized carbons (Fsp3) is 0.500. The summed E-state index contributed by atoms with van der Waals surface area (Å²) in [6.07, 6.45) is 1.21. The Kier molecular flexibility index (Phi) is 6.44. The van der Waals surface area contributed by atoms with Crippen molar-refractivity contribution in [2.24, 2.45) is 0 Å². The third-order valence-electron chi connectivity index (χ3n) is 3.78. The average molecular weight is 338 g/mol. The lowest BCUT2D eigenvalue weighted by Gasteiger charge is -2.23. The molecule has 1 unspecified atom stereocenters. The van der Waals surface area contributed by atoms with Crippen molar-refractivity contribution in [2.75, 3.05) is 16.9 Å². The Morgan fingerprint density at radius 3 is 2.70 bits per heavy atom. The normalized spacial score (nSPS) is 17.3. The zero-order valence-corrected chi connectivity index (χ0v) is 13.9. The highest BCUT2D eigenvalue weighted by molar-refractivity contribution is 7.99. The molecule has 2 amide bonds. The van der Waals surface area contributed by atoms with Crippen LogP contribution in [0.5, 0.6) is 0 Å². The standard InChI is InChI=1S/C16H22N2O4S/c1-2-3-15(21)18-10-23-9-14(18)16(22)17-13-5-4-11(7-19)12(6-13)8-20/h4-6,14,19-20H,2-3,7-10H2,1H3,(H,17,22). The van der Waals surface area contributed by atoms with Gasteiger partial charge in [0.1, 0.15) is 6.04 Å². The first kappa shape index (κ1) is 17.8. The number of carbonyl (C=O) groups excluding carboxylic acids is 2. The van der Waals surface area contributed by atoms with Gasteiger partial charge in [0.25, 0.3) is 0 Å². The quantitative estimate of drug-likeness (QED) is 0.728. The third kappa shape index (κ3) is 4.25. The van der Waals surface area contributed by atoms with Gasteiger partial charge in [0.2, 0.25) is 11.8 Å². The second-order valence-corrected chi connectivity index (χ2v) is 6.42. The van der Waals surface area contributed by atoms with Crippen molar-refractivity contribution in [1.29, 1.82) is 0 Å². The molecule has 0 aliphatic carbocycles. The number of aliphatic hydroxyl groups excluding tert-OH is 2. The molecule has 0 spiro atoms. The summed E-state index contributed by atoms with van der Waals surface area (Å²) in [7, 11) is 0. The van der Waals surface area contributed by atoms with Crippen molar-refractivity contribution in [3.8, 4) is 0 Å². The molecule has 1 aromatic carbocycles. The molecule has 6 nitrogen and oxygen atoms in total. The largest absolute Gasteiger partial charge is 0.392 e. The summed E-state index contributed by atoms with van der Waals surface area (Å²) in [5.74, 6) is 0.912. The van der Waals surface area contributed by atoms with Crippen LogP contribution in [-0.2, 0) is 22.8 Å². The number of thioether (sulfide) groups is 1. The van der Waals surface area contributed by atoms with E-state index < -0.39 is 6.04 Å². The van der Waals surface area contributed by atoms with Gasteiger partial charge in [-0.05, 0) is 29.7 Å². The topological polar surface area (TPSA) is 89.9 Å². The first-order valence-electron chi connectivity index (χ1n) is 7.62. The minimum Gasteiger partial charge on any atom is -0.392 e. The van der Waals surface area contributed by atoms with E-state index in [1.165, 1.54) is 0 Å². The summed E-state index contributed by atoms with van der Waals surface area (Å²) in [5.41, 5.74) is 1.75. The van der Waals surface area contributed by atoms with Gasteiger partial charge in [0.05, 0.1) is 19.1 Å². The lowest BCUT2D eigenvalue weighted by molar-refractivity contribution is -0.136. The van der Waals surface area contributed by atoms with Crippen LogP contribution in [0, 0.1) is 0 Å². The van der Waals surface area contributed by atoms with Gasteiger partial charge in [-0.1, -0.05) is 13.0 Å². The van der Waals surface area contributed by atoms with Crippen LogP contribution in [-0.4, -0.2) is 44.6 Å². The average Bonchev–Trinajstić information content (AvgIpc) is 3.04.